The zero-order chi connectivity index (χ0) is 14.0. The molecule has 0 rings (SSSR count). The van der Waals surface area contributed by atoms with E-state index in [0.717, 1.165) is 6.92 Å². The number of hydrogen-bond donors (Lipinski definition) is 0. The molecule has 0 fully saturated rings. The third kappa shape index (κ3) is 3.92. The number of alkyl halides is 2. The molecule has 0 saturated carbocycles. The number of halogens is 7. The van der Waals surface area contributed by atoms with E-state index in [1.54, 1.807) is 9.24 Å². The monoisotopic (exact) mass is 302 g/mol. The van der Waals surface area contributed by atoms with Crippen LogP contribution in [0.3, 0.4) is 0 Å². The molecule has 1 atom stereocenters. The Morgan fingerprint density at radius 2 is 1.47 bits per heavy atom. The van der Waals surface area contributed by atoms with Crippen molar-refractivity contribution >= 4 is 17.1 Å². The van der Waals surface area contributed by atoms with Gasteiger partial charge in [0.1, 0.15) is 0 Å². The van der Waals surface area contributed by atoms with E-state index in [0.29, 0.717) is 6.92 Å². The fourth-order valence-electron chi connectivity index (χ4n) is 0.849. The zero-order valence-corrected chi connectivity index (χ0v) is 11.1. The molecule has 0 heterocycles. The summed E-state index contributed by atoms with van der Waals surface area (Å²) in [7, 11) is -4.96. The molecule has 0 radical (unpaired) electrons. The molecule has 0 aromatic rings. The number of hydrogen-bond acceptors (Lipinski definition) is 0. The van der Waals surface area contributed by atoms with Crippen LogP contribution < -0.4 is 0 Å². The van der Waals surface area contributed by atoms with Gasteiger partial charge >= 0.3 is 95.9 Å². The Kier molecular flexibility index (Phi) is 5.61. The molecule has 17 heavy (non-hydrogen) atoms. The summed E-state index contributed by atoms with van der Waals surface area (Å²) in [6.45, 7) is 1.11. The molecule has 0 spiro atoms. The molecule has 0 aliphatic heterocycles. The van der Waals surface area contributed by atoms with Gasteiger partial charge in [0.25, 0.3) is 0 Å². The second kappa shape index (κ2) is 5.66. The van der Waals surface area contributed by atoms with Crippen molar-refractivity contribution in [2.24, 2.45) is 0 Å². The van der Waals surface area contributed by atoms with Crippen LogP contribution in [0.1, 0.15) is 13.8 Å². The third-order valence-electron chi connectivity index (χ3n) is 1.89. The minimum atomic E-state index is -6.51. The van der Waals surface area contributed by atoms with Gasteiger partial charge in [0.15, 0.2) is 0 Å². The van der Waals surface area contributed by atoms with Crippen molar-refractivity contribution < 1.29 is 30.3 Å². The Bertz CT molecular complexity index is 351. The molecule has 1 unspecified atom stereocenters. The second-order valence-electron chi connectivity index (χ2n) is 3.36. The molecule has 0 saturated heterocycles. The van der Waals surface area contributed by atoms with Crippen LogP contribution in [0.4, 0.5) is 30.3 Å². The van der Waals surface area contributed by atoms with Gasteiger partial charge in [0, 0.05) is 0 Å². The van der Waals surface area contributed by atoms with E-state index in [1.807, 2.05) is 0 Å². The first-order valence-corrected chi connectivity index (χ1v) is 6.86. The molecule has 0 aliphatic rings. The molecule has 0 N–H and O–H groups in total. The first kappa shape index (κ1) is 16.9. The van der Waals surface area contributed by atoms with Gasteiger partial charge in [0.05, 0.1) is 0 Å². The average Bonchev–Trinajstić information content (AvgIpc) is 2.14. The quantitative estimate of drug-likeness (QED) is 0.485. The van der Waals surface area contributed by atoms with Crippen LogP contribution in [0, 0.1) is 0 Å². The molecule has 0 nitrogen and oxygen atoms in total. The van der Waals surface area contributed by atoms with Crippen LogP contribution in [0.15, 0.2) is 22.8 Å². The predicted octanol–water partition coefficient (Wildman–Crippen LogP) is 5.34. The Hall–Kier alpha value is -0.150. The van der Waals surface area contributed by atoms with Gasteiger partial charge in [-0.1, -0.05) is 0 Å². The Morgan fingerprint density at radius 3 is 1.76 bits per heavy atom. The standard InChI is InChI=1S/C8H11F7P2/c1-4(9)6(16)3-17(14,15)8(12,13)7(11)5(2)10/h17H,3,16H2,1-2H3/b6-4-,7-5+. The van der Waals surface area contributed by atoms with Gasteiger partial charge in [-0.05, 0) is 0 Å². The van der Waals surface area contributed by atoms with Crippen molar-refractivity contribution in [2.45, 2.75) is 19.5 Å². The van der Waals surface area contributed by atoms with Crippen LogP contribution in [0.2, 0.25) is 0 Å². The molecule has 0 aliphatic carbocycles. The van der Waals surface area contributed by atoms with Crippen molar-refractivity contribution in [3.63, 3.8) is 0 Å². The van der Waals surface area contributed by atoms with E-state index < -0.39 is 42.5 Å². The maximum atomic E-state index is 13.2. The number of allylic oxidation sites excluding steroid dienone is 4. The van der Waals surface area contributed by atoms with Crippen LogP contribution in [-0.4, -0.2) is 11.8 Å². The topological polar surface area (TPSA) is 0 Å². The molecule has 0 bridgehead atoms. The van der Waals surface area contributed by atoms with E-state index in [2.05, 4.69) is 0 Å². The van der Waals surface area contributed by atoms with Gasteiger partial charge in [-0.15, -0.1) is 0 Å². The fourth-order valence-corrected chi connectivity index (χ4v) is 3.06. The SMILES string of the molecule is C/C(F)=C(/P)C[PH](F)(F)C(F)(F)/C(F)=C(/C)F. The van der Waals surface area contributed by atoms with Gasteiger partial charge in [0.2, 0.25) is 0 Å². The summed E-state index contributed by atoms with van der Waals surface area (Å²) in [5, 5.41) is -0.675. The van der Waals surface area contributed by atoms with E-state index in [-0.39, 0.29) is 0 Å². The average molecular weight is 302 g/mol. The molecule has 0 aromatic carbocycles. The fraction of sp³-hybridized carbons (Fsp3) is 0.500. The van der Waals surface area contributed by atoms with Crippen molar-refractivity contribution in [3.8, 4) is 0 Å². The molecule has 9 heteroatoms. The molecular weight excluding hydrogens is 291 g/mol. The van der Waals surface area contributed by atoms with Crippen molar-refractivity contribution in [2.75, 3.05) is 6.16 Å². The summed E-state index contributed by atoms with van der Waals surface area (Å²) in [4.78, 5) is 0. The van der Waals surface area contributed by atoms with Gasteiger partial charge in [-0.3, -0.25) is 0 Å². The van der Waals surface area contributed by atoms with Crippen molar-refractivity contribution in [3.05, 3.63) is 22.8 Å². The summed E-state index contributed by atoms with van der Waals surface area (Å²) in [6, 6.07) is 0. The summed E-state index contributed by atoms with van der Waals surface area (Å²) < 4.78 is 89.6. The van der Waals surface area contributed by atoms with E-state index in [1.165, 1.54) is 0 Å². The van der Waals surface area contributed by atoms with Crippen molar-refractivity contribution in [1.29, 1.82) is 0 Å². The third-order valence-corrected chi connectivity index (χ3v) is 4.87. The first-order chi connectivity index (χ1) is 7.43. The molecular formula is C8H11F7P2. The van der Waals surface area contributed by atoms with Gasteiger partial charge in [-0.25, -0.2) is 0 Å². The van der Waals surface area contributed by atoms with Gasteiger partial charge < -0.3 is 0 Å². The molecule has 0 aromatic heterocycles. The van der Waals surface area contributed by atoms with Crippen LogP contribution in [0.25, 0.3) is 0 Å². The van der Waals surface area contributed by atoms with Crippen LogP contribution >= 0.6 is 17.1 Å². The van der Waals surface area contributed by atoms with Gasteiger partial charge in [-0.2, -0.15) is 0 Å². The minimum absolute atomic E-state index is 0.311. The summed E-state index contributed by atoms with van der Waals surface area (Å²) in [5.74, 6) is -5.86. The summed E-state index contributed by atoms with van der Waals surface area (Å²) >= 11 is 0. The predicted molar refractivity (Wildman–Crippen MR) is 58.8 cm³/mol. The Morgan fingerprint density at radius 1 is 1.06 bits per heavy atom. The van der Waals surface area contributed by atoms with Crippen LogP contribution in [0.5, 0.6) is 0 Å². The van der Waals surface area contributed by atoms with E-state index in [4.69, 9.17) is 0 Å². The van der Waals surface area contributed by atoms with E-state index in [9.17, 15) is 30.3 Å². The van der Waals surface area contributed by atoms with E-state index >= 15 is 0 Å². The Labute approximate surface area is 96.7 Å². The summed E-state index contributed by atoms with van der Waals surface area (Å²) in [5.41, 5.74) is -5.18. The normalized spacial score (nSPS) is 17.5. The Balaban J connectivity index is 5.33. The van der Waals surface area contributed by atoms with Crippen molar-refractivity contribution in [1.82, 2.24) is 0 Å². The number of rotatable bonds is 4. The summed E-state index contributed by atoms with van der Waals surface area (Å²) in [6.07, 6.45) is -1.59. The molecule has 102 valence electrons. The second-order valence-corrected chi connectivity index (χ2v) is 6.45. The zero-order valence-electron chi connectivity index (χ0n) is 8.93. The maximum absolute atomic E-state index is 13.2. The first-order valence-electron chi connectivity index (χ1n) is 4.32. The van der Waals surface area contributed by atoms with Crippen LogP contribution in [-0.2, 0) is 0 Å². The molecule has 0 amide bonds.